The van der Waals surface area contributed by atoms with Crippen molar-refractivity contribution in [3.8, 4) is 11.5 Å². The van der Waals surface area contributed by atoms with Crippen molar-refractivity contribution in [2.24, 2.45) is 0 Å². The van der Waals surface area contributed by atoms with Crippen LogP contribution in [0, 0.1) is 6.92 Å². The van der Waals surface area contributed by atoms with Crippen molar-refractivity contribution in [2.75, 3.05) is 19.5 Å². The number of benzene rings is 1. The quantitative estimate of drug-likeness (QED) is 0.473. The largest absolute Gasteiger partial charge is 0.497 e. The fourth-order valence-electron chi connectivity index (χ4n) is 3.02. The maximum absolute atomic E-state index is 13.1. The van der Waals surface area contributed by atoms with Crippen molar-refractivity contribution in [2.45, 2.75) is 32.6 Å². The highest BCUT2D eigenvalue weighted by Crippen LogP contribution is 2.33. The molecule has 0 saturated carbocycles. The minimum atomic E-state index is -4.53. The molecule has 0 bridgehead atoms. The molecule has 1 atom stereocenters. The van der Waals surface area contributed by atoms with E-state index in [1.54, 1.807) is 20.3 Å². The lowest BCUT2D eigenvalue weighted by atomic mass is 10.1. The zero-order chi connectivity index (χ0) is 24.2. The number of pyridine rings is 1. The topological polar surface area (TPSA) is 85.4 Å². The Morgan fingerprint density at radius 3 is 2.58 bits per heavy atom. The summed E-state index contributed by atoms with van der Waals surface area (Å²) in [5, 5.41) is 6.38. The normalized spacial score (nSPS) is 12.3. The van der Waals surface area contributed by atoms with Crippen LogP contribution < -0.4 is 20.1 Å². The third-order valence-electron chi connectivity index (χ3n) is 4.86. The number of ether oxygens (including phenoxy) is 2. The maximum Gasteiger partial charge on any atom is 0.416 e. The Bertz CT molecular complexity index is 1130. The van der Waals surface area contributed by atoms with Gasteiger partial charge in [0.15, 0.2) is 0 Å². The summed E-state index contributed by atoms with van der Waals surface area (Å²) < 4.78 is 49.9. The van der Waals surface area contributed by atoms with E-state index < -0.39 is 17.6 Å². The van der Waals surface area contributed by atoms with Crippen LogP contribution in [0.5, 0.6) is 11.5 Å². The van der Waals surface area contributed by atoms with Gasteiger partial charge in [0.25, 0.3) is 5.91 Å². The molecule has 2 N–H and O–H groups in total. The van der Waals surface area contributed by atoms with Crippen LogP contribution in [0.4, 0.5) is 19.0 Å². The van der Waals surface area contributed by atoms with E-state index in [-0.39, 0.29) is 22.3 Å². The summed E-state index contributed by atoms with van der Waals surface area (Å²) in [5.41, 5.74) is 0.0594. The van der Waals surface area contributed by atoms with Crippen molar-refractivity contribution >= 4 is 23.1 Å². The number of thiazole rings is 1. The number of rotatable bonds is 8. The number of anilines is 1. The minimum Gasteiger partial charge on any atom is -0.497 e. The predicted molar refractivity (Wildman–Crippen MR) is 119 cm³/mol. The van der Waals surface area contributed by atoms with E-state index in [4.69, 9.17) is 9.47 Å². The van der Waals surface area contributed by atoms with E-state index in [9.17, 15) is 18.0 Å². The highest BCUT2D eigenvalue weighted by molar-refractivity contribution is 7.13. The number of aromatic nitrogens is 2. The van der Waals surface area contributed by atoms with E-state index in [0.717, 1.165) is 29.2 Å². The van der Waals surface area contributed by atoms with Crippen LogP contribution in [0.3, 0.4) is 0 Å². The number of alkyl halides is 3. The number of nitrogens with one attached hydrogen (secondary N) is 2. The lowest BCUT2D eigenvalue weighted by Crippen LogP contribution is -2.18. The number of methoxy groups -OCH3 is 2. The van der Waals surface area contributed by atoms with Crippen LogP contribution >= 0.6 is 11.3 Å². The smallest absolute Gasteiger partial charge is 0.416 e. The number of amides is 1. The van der Waals surface area contributed by atoms with Gasteiger partial charge in [0.1, 0.15) is 27.2 Å². The minimum absolute atomic E-state index is 0.0195. The van der Waals surface area contributed by atoms with E-state index in [0.29, 0.717) is 23.1 Å². The van der Waals surface area contributed by atoms with Crippen molar-refractivity contribution in [3.63, 3.8) is 0 Å². The highest BCUT2D eigenvalue weighted by atomic mass is 32.1. The number of carbonyl (C=O) groups is 1. The molecule has 11 heteroatoms. The number of nitrogens with zero attached hydrogens (tertiary/aromatic N) is 2. The molecule has 176 valence electrons. The molecule has 0 aliphatic heterocycles. The van der Waals surface area contributed by atoms with E-state index in [1.165, 1.54) is 13.1 Å². The first kappa shape index (κ1) is 24.5. The van der Waals surface area contributed by atoms with Crippen molar-refractivity contribution in [3.05, 3.63) is 63.2 Å². The monoisotopic (exact) mass is 480 g/mol. The fraction of sp³-hybridized carbons (Fsp3) is 0.318. The lowest BCUT2D eigenvalue weighted by molar-refractivity contribution is -0.138. The van der Waals surface area contributed by atoms with Crippen molar-refractivity contribution in [1.29, 1.82) is 0 Å². The Labute approximate surface area is 193 Å². The summed E-state index contributed by atoms with van der Waals surface area (Å²) >= 11 is 1.15. The number of carbonyl (C=O) groups excluding carboxylic acids is 1. The summed E-state index contributed by atoms with van der Waals surface area (Å²) in [6.07, 6.45) is -2.06. The molecule has 1 aromatic carbocycles. The molecule has 3 aromatic rings. The standard InChI is InChI=1S/C22H23F3N4O3S/c1-12-9-27-19(8-16(12)22(23,24)25)29-20(30)18-11-28-21(33-18)13(2)26-10-14-5-6-15(31-3)7-17(14)32-4/h5-9,11,13,26H,10H2,1-4H3,(H,27,29,30). The number of hydrogen-bond donors (Lipinski definition) is 2. The molecule has 2 aromatic heterocycles. The summed E-state index contributed by atoms with van der Waals surface area (Å²) in [6, 6.07) is 6.15. The van der Waals surface area contributed by atoms with Crippen molar-refractivity contribution in [1.82, 2.24) is 15.3 Å². The van der Waals surface area contributed by atoms with Crippen LogP contribution in [0.2, 0.25) is 0 Å². The van der Waals surface area contributed by atoms with Gasteiger partial charge in [-0.05, 0) is 31.5 Å². The average Bonchev–Trinajstić information content (AvgIpc) is 3.28. The van der Waals surface area contributed by atoms with Crippen LogP contribution in [0.15, 0.2) is 36.7 Å². The number of halogens is 3. The molecule has 0 saturated heterocycles. The Morgan fingerprint density at radius 2 is 1.91 bits per heavy atom. The van der Waals surface area contributed by atoms with Crippen LogP contribution in [-0.2, 0) is 12.7 Å². The Kier molecular flexibility index (Phi) is 7.54. The molecule has 7 nitrogen and oxygen atoms in total. The third kappa shape index (κ3) is 5.99. The summed E-state index contributed by atoms with van der Waals surface area (Å²) in [7, 11) is 3.16. The van der Waals surface area contributed by atoms with Gasteiger partial charge in [-0.1, -0.05) is 6.07 Å². The number of hydrogen-bond acceptors (Lipinski definition) is 7. The van der Waals surface area contributed by atoms with Crippen LogP contribution in [0.1, 0.15) is 44.3 Å². The molecular formula is C22H23F3N4O3S. The van der Waals surface area contributed by atoms with E-state index in [1.807, 2.05) is 19.1 Å². The first-order valence-corrected chi connectivity index (χ1v) is 10.7. The molecule has 33 heavy (non-hydrogen) atoms. The average molecular weight is 481 g/mol. The molecule has 1 unspecified atom stereocenters. The van der Waals surface area contributed by atoms with Gasteiger partial charge < -0.3 is 20.1 Å². The van der Waals surface area contributed by atoms with Gasteiger partial charge in [0.05, 0.1) is 32.0 Å². The SMILES string of the molecule is COc1ccc(CNC(C)c2ncc(C(=O)Nc3cc(C(F)(F)F)c(C)cn3)s2)c(OC)c1. The second kappa shape index (κ2) is 10.2. The Balaban J connectivity index is 1.65. The zero-order valence-corrected chi connectivity index (χ0v) is 19.2. The van der Waals surface area contributed by atoms with Gasteiger partial charge in [-0.25, -0.2) is 9.97 Å². The first-order valence-electron chi connectivity index (χ1n) is 9.87. The van der Waals surface area contributed by atoms with Gasteiger partial charge in [-0.2, -0.15) is 13.2 Å². The molecule has 0 radical (unpaired) electrons. The second-order valence-corrected chi connectivity index (χ2v) is 8.24. The molecule has 0 fully saturated rings. The molecule has 0 aliphatic rings. The molecule has 3 rings (SSSR count). The molecule has 1 amide bonds. The van der Waals surface area contributed by atoms with Gasteiger partial charge >= 0.3 is 6.18 Å². The third-order valence-corrected chi connectivity index (χ3v) is 6.04. The van der Waals surface area contributed by atoms with Gasteiger partial charge in [0, 0.05) is 24.4 Å². The van der Waals surface area contributed by atoms with Crippen molar-refractivity contribution < 1.29 is 27.4 Å². The van der Waals surface area contributed by atoms with Gasteiger partial charge in [0.2, 0.25) is 0 Å². The fourth-order valence-corrected chi connectivity index (χ4v) is 3.86. The maximum atomic E-state index is 13.1. The van der Waals surface area contributed by atoms with Crippen LogP contribution in [0.25, 0.3) is 0 Å². The summed E-state index contributed by atoms with van der Waals surface area (Å²) in [6.45, 7) is 3.70. The van der Waals surface area contributed by atoms with Gasteiger partial charge in [-0.15, -0.1) is 11.3 Å². The molecule has 0 aliphatic carbocycles. The number of aryl methyl sites for hydroxylation is 1. The first-order chi connectivity index (χ1) is 15.6. The highest BCUT2D eigenvalue weighted by Gasteiger charge is 2.33. The molecule has 2 heterocycles. The van der Waals surface area contributed by atoms with E-state index in [2.05, 4.69) is 20.6 Å². The van der Waals surface area contributed by atoms with Crippen LogP contribution in [-0.4, -0.2) is 30.1 Å². The lowest BCUT2D eigenvalue weighted by Gasteiger charge is -2.14. The summed E-state index contributed by atoms with van der Waals surface area (Å²) in [5.74, 6) is 0.611. The zero-order valence-electron chi connectivity index (χ0n) is 18.4. The predicted octanol–water partition coefficient (Wildman–Crippen LogP) is 4.99. The Hall–Kier alpha value is -3.18. The molecule has 0 spiro atoms. The van der Waals surface area contributed by atoms with E-state index >= 15 is 0 Å². The van der Waals surface area contributed by atoms with Gasteiger partial charge in [-0.3, -0.25) is 4.79 Å². The molecular weight excluding hydrogens is 457 g/mol. The summed E-state index contributed by atoms with van der Waals surface area (Å²) in [4.78, 5) is 20.9. The Morgan fingerprint density at radius 1 is 1.15 bits per heavy atom. The second-order valence-electron chi connectivity index (χ2n) is 7.18.